The van der Waals surface area contributed by atoms with Gasteiger partial charge in [0, 0.05) is 24.0 Å². The first-order valence-corrected chi connectivity index (χ1v) is 9.12. The summed E-state index contributed by atoms with van der Waals surface area (Å²) in [7, 11) is 0. The second-order valence-electron chi connectivity index (χ2n) is 7.61. The lowest BCUT2D eigenvalue weighted by atomic mass is 9.91. The molecule has 1 heterocycles. The summed E-state index contributed by atoms with van der Waals surface area (Å²) in [4.78, 5) is 15.1. The Morgan fingerprint density at radius 1 is 1.39 bits per heavy atom. The van der Waals surface area contributed by atoms with Crippen LogP contribution in [0.1, 0.15) is 38.7 Å². The van der Waals surface area contributed by atoms with Gasteiger partial charge < -0.3 is 10.2 Å². The fourth-order valence-corrected chi connectivity index (χ4v) is 4.14. The lowest BCUT2D eigenvalue weighted by Crippen LogP contribution is -2.38. The van der Waals surface area contributed by atoms with Crippen LogP contribution in [0.25, 0.3) is 0 Å². The fourth-order valence-electron chi connectivity index (χ4n) is 3.92. The number of nitrogens with one attached hydrogen (secondary N) is 1. The zero-order chi connectivity index (χ0) is 16.4. The van der Waals surface area contributed by atoms with Crippen molar-refractivity contribution in [2.45, 2.75) is 39.7 Å². The third-order valence-corrected chi connectivity index (χ3v) is 5.48. The minimum absolute atomic E-state index is 0.238. The molecule has 2 fully saturated rings. The van der Waals surface area contributed by atoms with Crippen LogP contribution >= 0.6 is 11.6 Å². The van der Waals surface area contributed by atoms with E-state index in [-0.39, 0.29) is 5.92 Å². The SMILES string of the molecule is CC(C)CN(Cc1cccc(Cl)c1)C(=O)[C@H]1CC12CCNCC2. The smallest absolute Gasteiger partial charge is 0.226 e. The van der Waals surface area contributed by atoms with Gasteiger partial charge in [0.15, 0.2) is 0 Å². The highest BCUT2D eigenvalue weighted by molar-refractivity contribution is 6.30. The van der Waals surface area contributed by atoms with Gasteiger partial charge in [0.25, 0.3) is 0 Å². The van der Waals surface area contributed by atoms with Crippen molar-refractivity contribution in [3.05, 3.63) is 34.9 Å². The van der Waals surface area contributed by atoms with Crippen molar-refractivity contribution >= 4 is 17.5 Å². The summed E-state index contributed by atoms with van der Waals surface area (Å²) in [5.74, 6) is 1.06. The standard InChI is InChI=1S/C19H27ClN2O/c1-14(2)12-22(13-15-4-3-5-16(20)10-15)18(23)17-11-19(17)6-8-21-9-7-19/h3-5,10,14,17,21H,6-9,11-13H2,1-2H3/t17-/m1/s1. The number of nitrogens with zero attached hydrogens (tertiary/aromatic N) is 1. The molecule has 0 aromatic heterocycles. The number of carbonyl (C=O) groups excluding carboxylic acids is 1. The van der Waals surface area contributed by atoms with Gasteiger partial charge in [0.1, 0.15) is 0 Å². The first-order valence-electron chi connectivity index (χ1n) is 8.74. The number of hydrogen-bond acceptors (Lipinski definition) is 2. The predicted molar refractivity (Wildman–Crippen MR) is 94.4 cm³/mol. The van der Waals surface area contributed by atoms with Gasteiger partial charge in [-0.3, -0.25) is 4.79 Å². The molecule has 126 valence electrons. The molecular weight excluding hydrogens is 308 g/mol. The molecule has 1 N–H and O–H groups in total. The molecule has 4 heteroatoms. The highest BCUT2D eigenvalue weighted by atomic mass is 35.5. The van der Waals surface area contributed by atoms with Crippen LogP contribution in [0.2, 0.25) is 5.02 Å². The van der Waals surface area contributed by atoms with Crippen molar-refractivity contribution in [3.8, 4) is 0 Å². The van der Waals surface area contributed by atoms with Crippen LogP contribution < -0.4 is 5.32 Å². The van der Waals surface area contributed by atoms with Crippen LogP contribution in [0, 0.1) is 17.3 Å². The highest BCUT2D eigenvalue weighted by Crippen LogP contribution is 2.59. The molecule has 1 aliphatic carbocycles. The maximum Gasteiger partial charge on any atom is 0.226 e. The van der Waals surface area contributed by atoms with Crippen LogP contribution in [-0.2, 0) is 11.3 Å². The van der Waals surface area contributed by atoms with E-state index in [1.54, 1.807) is 0 Å². The normalized spacial score (nSPS) is 22.3. The van der Waals surface area contributed by atoms with Crippen molar-refractivity contribution in [2.24, 2.45) is 17.3 Å². The van der Waals surface area contributed by atoms with Gasteiger partial charge in [-0.25, -0.2) is 0 Å². The number of halogens is 1. The van der Waals surface area contributed by atoms with Crippen molar-refractivity contribution < 1.29 is 4.79 Å². The minimum atomic E-state index is 0.238. The number of hydrogen-bond donors (Lipinski definition) is 1. The third-order valence-electron chi connectivity index (χ3n) is 5.25. The summed E-state index contributed by atoms with van der Waals surface area (Å²) < 4.78 is 0. The topological polar surface area (TPSA) is 32.3 Å². The van der Waals surface area contributed by atoms with Crippen LogP contribution in [0.15, 0.2) is 24.3 Å². The van der Waals surface area contributed by atoms with Crippen LogP contribution in [0.3, 0.4) is 0 Å². The Morgan fingerprint density at radius 3 is 2.78 bits per heavy atom. The second kappa shape index (κ2) is 6.82. The number of carbonyl (C=O) groups is 1. The molecule has 2 aliphatic rings. The molecule has 1 saturated heterocycles. The Hall–Kier alpha value is -1.06. The molecule has 1 atom stereocenters. The van der Waals surface area contributed by atoms with E-state index >= 15 is 0 Å². The molecule has 23 heavy (non-hydrogen) atoms. The van der Waals surface area contributed by atoms with E-state index in [2.05, 4.69) is 30.1 Å². The molecule has 1 amide bonds. The Morgan fingerprint density at radius 2 is 2.13 bits per heavy atom. The zero-order valence-electron chi connectivity index (χ0n) is 14.1. The van der Waals surface area contributed by atoms with Gasteiger partial charge >= 0.3 is 0 Å². The Labute approximate surface area is 144 Å². The lowest BCUT2D eigenvalue weighted by molar-refractivity contribution is -0.134. The van der Waals surface area contributed by atoms with Gasteiger partial charge in [-0.2, -0.15) is 0 Å². The van der Waals surface area contributed by atoms with Crippen LogP contribution in [0.4, 0.5) is 0 Å². The van der Waals surface area contributed by atoms with Gasteiger partial charge in [-0.15, -0.1) is 0 Å². The van der Waals surface area contributed by atoms with Crippen LogP contribution in [-0.4, -0.2) is 30.4 Å². The number of piperidine rings is 1. The summed E-state index contributed by atoms with van der Waals surface area (Å²) in [6, 6.07) is 7.86. The summed E-state index contributed by atoms with van der Waals surface area (Å²) in [5, 5.41) is 4.14. The summed E-state index contributed by atoms with van der Waals surface area (Å²) in [6.07, 6.45) is 3.38. The number of benzene rings is 1. The molecular formula is C19H27ClN2O. The molecule has 1 aliphatic heterocycles. The van der Waals surface area contributed by atoms with E-state index in [1.807, 2.05) is 18.2 Å². The molecule has 1 spiro atoms. The first kappa shape index (κ1) is 16.8. The number of rotatable bonds is 5. The van der Waals surface area contributed by atoms with Crippen molar-refractivity contribution in [2.75, 3.05) is 19.6 Å². The van der Waals surface area contributed by atoms with Gasteiger partial charge in [0.2, 0.25) is 5.91 Å². The molecule has 3 nitrogen and oxygen atoms in total. The largest absolute Gasteiger partial charge is 0.338 e. The average molecular weight is 335 g/mol. The first-order chi connectivity index (χ1) is 11.0. The van der Waals surface area contributed by atoms with E-state index < -0.39 is 0 Å². The van der Waals surface area contributed by atoms with E-state index in [4.69, 9.17) is 11.6 Å². The summed E-state index contributed by atoms with van der Waals surface area (Å²) in [6.45, 7) is 7.94. The number of amides is 1. The second-order valence-corrected chi connectivity index (χ2v) is 8.05. The van der Waals surface area contributed by atoms with E-state index in [1.165, 1.54) is 0 Å². The van der Waals surface area contributed by atoms with Crippen molar-refractivity contribution in [3.63, 3.8) is 0 Å². The Kier molecular flexibility index (Phi) is 4.98. The third kappa shape index (κ3) is 3.89. The van der Waals surface area contributed by atoms with Crippen molar-refractivity contribution in [1.29, 1.82) is 0 Å². The Balaban J connectivity index is 1.70. The van der Waals surface area contributed by atoms with E-state index in [0.717, 1.165) is 49.5 Å². The monoisotopic (exact) mass is 334 g/mol. The summed E-state index contributed by atoms with van der Waals surface area (Å²) in [5.41, 5.74) is 1.41. The maximum atomic E-state index is 13.1. The molecule has 0 radical (unpaired) electrons. The fraction of sp³-hybridized carbons (Fsp3) is 0.632. The predicted octanol–water partition coefficient (Wildman–Crippen LogP) is 3.71. The molecule has 0 unspecified atom stereocenters. The maximum absolute atomic E-state index is 13.1. The molecule has 1 saturated carbocycles. The van der Waals surface area contributed by atoms with Crippen LogP contribution in [0.5, 0.6) is 0 Å². The average Bonchev–Trinajstić information content (AvgIpc) is 3.19. The molecule has 1 aromatic carbocycles. The molecule has 1 aromatic rings. The van der Waals surface area contributed by atoms with E-state index in [0.29, 0.717) is 23.8 Å². The highest BCUT2D eigenvalue weighted by Gasteiger charge is 2.58. The quantitative estimate of drug-likeness (QED) is 0.890. The van der Waals surface area contributed by atoms with Gasteiger partial charge in [-0.1, -0.05) is 37.6 Å². The minimum Gasteiger partial charge on any atom is -0.338 e. The molecule has 0 bridgehead atoms. The zero-order valence-corrected chi connectivity index (χ0v) is 14.9. The lowest BCUT2D eigenvalue weighted by Gasteiger charge is -2.28. The molecule has 3 rings (SSSR count). The van der Waals surface area contributed by atoms with Gasteiger partial charge in [-0.05, 0) is 61.4 Å². The Bertz CT molecular complexity index is 566. The van der Waals surface area contributed by atoms with E-state index in [9.17, 15) is 4.79 Å². The summed E-state index contributed by atoms with van der Waals surface area (Å²) >= 11 is 6.09. The van der Waals surface area contributed by atoms with Crippen molar-refractivity contribution in [1.82, 2.24) is 10.2 Å². The van der Waals surface area contributed by atoms with Gasteiger partial charge in [0.05, 0.1) is 0 Å².